The van der Waals surface area contributed by atoms with Crippen LogP contribution in [0.3, 0.4) is 0 Å². The molecular weight excluding hydrogens is 330 g/mol. The number of aryl methyl sites for hydroxylation is 2. The Morgan fingerprint density at radius 3 is 2.73 bits per heavy atom. The second-order valence-corrected chi connectivity index (χ2v) is 6.64. The predicted octanol–water partition coefficient (Wildman–Crippen LogP) is 3.22. The minimum absolute atomic E-state index is 0.587. The zero-order chi connectivity index (χ0) is 17.9. The van der Waals surface area contributed by atoms with Crippen LogP contribution in [0.4, 0.5) is 11.5 Å². The van der Waals surface area contributed by atoms with E-state index in [1.807, 2.05) is 38.2 Å². The Hall–Kier alpha value is -2.67. The molecule has 0 bridgehead atoms. The third kappa shape index (κ3) is 3.62. The van der Waals surface area contributed by atoms with Gasteiger partial charge in [-0.05, 0) is 49.9 Å². The van der Waals surface area contributed by atoms with Crippen molar-refractivity contribution in [3.63, 3.8) is 0 Å². The SMILES string of the molecule is Cc1nc(Nc2ccc(OCC3CCOCC3)cc2)c2cnn(C)c2n1. The molecular formula is C19H23N5O2. The number of ether oxygens (including phenoxy) is 2. The molecule has 1 aliphatic heterocycles. The first-order valence-corrected chi connectivity index (χ1v) is 8.93. The van der Waals surface area contributed by atoms with E-state index < -0.39 is 0 Å². The number of benzene rings is 1. The van der Waals surface area contributed by atoms with Crippen molar-refractivity contribution in [1.29, 1.82) is 0 Å². The molecule has 26 heavy (non-hydrogen) atoms. The van der Waals surface area contributed by atoms with Gasteiger partial charge in [-0.25, -0.2) is 9.97 Å². The zero-order valence-electron chi connectivity index (χ0n) is 15.1. The van der Waals surface area contributed by atoms with Crippen LogP contribution in [0.5, 0.6) is 5.75 Å². The van der Waals surface area contributed by atoms with Gasteiger partial charge >= 0.3 is 0 Å². The van der Waals surface area contributed by atoms with E-state index in [1.54, 1.807) is 10.9 Å². The van der Waals surface area contributed by atoms with Crippen molar-refractivity contribution in [3.05, 3.63) is 36.3 Å². The lowest BCUT2D eigenvalue weighted by atomic mass is 10.0. The Morgan fingerprint density at radius 1 is 1.19 bits per heavy atom. The quantitative estimate of drug-likeness (QED) is 0.759. The van der Waals surface area contributed by atoms with Gasteiger partial charge in [0.25, 0.3) is 0 Å². The topological polar surface area (TPSA) is 74.1 Å². The van der Waals surface area contributed by atoms with Crippen molar-refractivity contribution in [2.45, 2.75) is 19.8 Å². The lowest BCUT2D eigenvalue weighted by Gasteiger charge is -2.22. The largest absolute Gasteiger partial charge is 0.493 e. The van der Waals surface area contributed by atoms with Crippen LogP contribution in [-0.4, -0.2) is 39.6 Å². The van der Waals surface area contributed by atoms with E-state index in [0.717, 1.165) is 61.0 Å². The molecule has 0 saturated carbocycles. The second kappa shape index (κ2) is 7.29. The van der Waals surface area contributed by atoms with Crippen molar-refractivity contribution in [2.75, 3.05) is 25.1 Å². The van der Waals surface area contributed by atoms with Crippen LogP contribution in [0, 0.1) is 12.8 Å². The average Bonchev–Trinajstić information content (AvgIpc) is 3.03. The Morgan fingerprint density at radius 2 is 1.96 bits per heavy atom. The van der Waals surface area contributed by atoms with Crippen LogP contribution in [-0.2, 0) is 11.8 Å². The van der Waals surface area contributed by atoms with Gasteiger partial charge < -0.3 is 14.8 Å². The van der Waals surface area contributed by atoms with E-state index in [-0.39, 0.29) is 0 Å². The Labute approximate surface area is 152 Å². The third-order valence-corrected chi connectivity index (χ3v) is 4.65. The number of nitrogens with one attached hydrogen (secondary N) is 1. The highest BCUT2D eigenvalue weighted by Gasteiger charge is 2.14. The summed E-state index contributed by atoms with van der Waals surface area (Å²) in [5, 5.41) is 8.53. The van der Waals surface area contributed by atoms with Gasteiger partial charge in [0.1, 0.15) is 17.4 Å². The van der Waals surface area contributed by atoms with E-state index in [4.69, 9.17) is 9.47 Å². The predicted molar refractivity (Wildman–Crippen MR) is 99.8 cm³/mol. The van der Waals surface area contributed by atoms with Crippen LogP contribution < -0.4 is 10.1 Å². The Kier molecular flexibility index (Phi) is 4.71. The molecule has 3 heterocycles. The fraction of sp³-hybridized carbons (Fsp3) is 0.421. The molecule has 0 amide bonds. The number of rotatable bonds is 5. The molecule has 1 fully saturated rings. The van der Waals surface area contributed by atoms with Gasteiger partial charge in [-0.3, -0.25) is 4.68 Å². The molecule has 7 nitrogen and oxygen atoms in total. The summed E-state index contributed by atoms with van der Waals surface area (Å²) < 4.78 is 13.1. The van der Waals surface area contributed by atoms with Crippen LogP contribution in [0.2, 0.25) is 0 Å². The van der Waals surface area contributed by atoms with Crippen molar-refractivity contribution in [1.82, 2.24) is 19.7 Å². The molecule has 0 radical (unpaired) electrons. The number of hydrogen-bond acceptors (Lipinski definition) is 6. The fourth-order valence-electron chi connectivity index (χ4n) is 3.12. The van der Waals surface area contributed by atoms with Gasteiger partial charge in [-0.2, -0.15) is 5.10 Å². The van der Waals surface area contributed by atoms with Crippen molar-refractivity contribution in [2.24, 2.45) is 13.0 Å². The maximum atomic E-state index is 5.92. The summed E-state index contributed by atoms with van der Waals surface area (Å²) in [7, 11) is 1.88. The minimum atomic E-state index is 0.587. The second-order valence-electron chi connectivity index (χ2n) is 6.64. The molecule has 136 valence electrons. The Bertz CT molecular complexity index is 885. The third-order valence-electron chi connectivity index (χ3n) is 4.65. The molecule has 7 heteroatoms. The summed E-state index contributed by atoms with van der Waals surface area (Å²) in [6.07, 6.45) is 3.93. The van der Waals surface area contributed by atoms with E-state index in [1.165, 1.54) is 0 Å². The fourth-order valence-corrected chi connectivity index (χ4v) is 3.12. The first-order chi connectivity index (χ1) is 12.7. The van der Waals surface area contributed by atoms with Crippen molar-refractivity contribution < 1.29 is 9.47 Å². The normalized spacial score (nSPS) is 15.3. The molecule has 1 N–H and O–H groups in total. The van der Waals surface area contributed by atoms with Crippen molar-refractivity contribution >= 4 is 22.5 Å². The van der Waals surface area contributed by atoms with Gasteiger partial charge in [-0.15, -0.1) is 0 Å². The zero-order valence-corrected chi connectivity index (χ0v) is 15.1. The van der Waals surface area contributed by atoms with E-state index in [0.29, 0.717) is 11.7 Å². The molecule has 0 unspecified atom stereocenters. The van der Waals surface area contributed by atoms with Crippen molar-refractivity contribution in [3.8, 4) is 5.75 Å². The highest BCUT2D eigenvalue weighted by Crippen LogP contribution is 2.25. The molecule has 1 aromatic carbocycles. The summed E-state index contributed by atoms with van der Waals surface area (Å²) in [4.78, 5) is 8.95. The standard InChI is InChI=1S/C19H23N5O2/c1-13-21-18(17-11-20-24(2)19(17)22-13)23-15-3-5-16(6-4-15)26-12-14-7-9-25-10-8-14/h3-6,11,14H,7-10,12H2,1-2H3,(H,21,22,23). The summed E-state index contributed by atoms with van der Waals surface area (Å²) in [6, 6.07) is 7.96. The van der Waals surface area contributed by atoms with E-state index in [2.05, 4.69) is 20.4 Å². The van der Waals surface area contributed by atoms with Crippen LogP contribution >= 0.6 is 0 Å². The number of fused-ring (bicyclic) bond motifs is 1. The minimum Gasteiger partial charge on any atom is -0.493 e. The summed E-state index contributed by atoms with van der Waals surface area (Å²) >= 11 is 0. The van der Waals surface area contributed by atoms with Crippen LogP contribution in [0.1, 0.15) is 18.7 Å². The van der Waals surface area contributed by atoms with E-state index in [9.17, 15) is 0 Å². The van der Waals surface area contributed by atoms with Gasteiger partial charge in [-0.1, -0.05) is 0 Å². The first kappa shape index (κ1) is 16.8. The number of aromatic nitrogens is 4. The van der Waals surface area contributed by atoms with Gasteiger partial charge in [0, 0.05) is 25.9 Å². The Balaban J connectivity index is 1.44. The molecule has 3 aromatic rings. The van der Waals surface area contributed by atoms with E-state index >= 15 is 0 Å². The summed E-state index contributed by atoms with van der Waals surface area (Å²) in [6.45, 7) is 4.32. The molecule has 0 atom stereocenters. The lowest BCUT2D eigenvalue weighted by Crippen LogP contribution is -2.21. The molecule has 4 rings (SSSR count). The maximum Gasteiger partial charge on any atom is 0.163 e. The number of anilines is 2. The molecule has 1 saturated heterocycles. The van der Waals surface area contributed by atoms with Crippen LogP contribution in [0.25, 0.3) is 11.0 Å². The monoisotopic (exact) mass is 353 g/mol. The average molecular weight is 353 g/mol. The molecule has 0 aliphatic carbocycles. The highest BCUT2D eigenvalue weighted by molar-refractivity contribution is 5.88. The maximum absolute atomic E-state index is 5.92. The number of nitrogens with zero attached hydrogens (tertiary/aromatic N) is 4. The molecule has 1 aliphatic rings. The first-order valence-electron chi connectivity index (χ1n) is 8.93. The smallest absolute Gasteiger partial charge is 0.163 e. The lowest BCUT2D eigenvalue weighted by molar-refractivity contribution is 0.0497. The van der Waals surface area contributed by atoms with Gasteiger partial charge in [0.2, 0.25) is 0 Å². The van der Waals surface area contributed by atoms with Gasteiger partial charge in [0.05, 0.1) is 18.2 Å². The van der Waals surface area contributed by atoms with Crippen LogP contribution in [0.15, 0.2) is 30.5 Å². The molecule has 0 spiro atoms. The summed E-state index contributed by atoms with van der Waals surface area (Å²) in [5.74, 6) is 2.94. The summed E-state index contributed by atoms with van der Waals surface area (Å²) in [5.41, 5.74) is 1.77. The number of hydrogen-bond donors (Lipinski definition) is 1. The molecule has 2 aromatic heterocycles. The van der Waals surface area contributed by atoms with Gasteiger partial charge in [0.15, 0.2) is 5.65 Å². The highest BCUT2D eigenvalue weighted by atomic mass is 16.5.